The van der Waals surface area contributed by atoms with Gasteiger partial charge in [-0.25, -0.2) is 5.48 Å². The molecule has 4 rings (SSSR count). The van der Waals surface area contributed by atoms with Gasteiger partial charge in [-0.3, -0.25) is 19.6 Å². The molecule has 0 heterocycles. The molecular weight excluding hydrogens is 444 g/mol. The highest BCUT2D eigenvalue weighted by atomic mass is 16.5. The number of fused-ring (bicyclic) bond motifs is 1. The molecule has 35 heavy (non-hydrogen) atoms. The minimum atomic E-state index is -0.873. The van der Waals surface area contributed by atoms with E-state index in [2.05, 4.69) is 10.6 Å². The van der Waals surface area contributed by atoms with Crippen molar-refractivity contribution in [3.63, 3.8) is 0 Å². The Labute approximate surface area is 201 Å². The number of nitrogen functional groups attached to an aromatic ring is 1. The quantitative estimate of drug-likeness (QED) is 0.161. The number of nitrogens with one attached hydrogen (secondary N) is 3. The summed E-state index contributed by atoms with van der Waals surface area (Å²) in [6, 6.07) is 25.4. The van der Waals surface area contributed by atoms with E-state index in [1.54, 1.807) is 29.7 Å². The van der Waals surface area contributed by atoms with Crippen LogP contribution < -0.4 is 21.8 Å². The molecule has 0 aliphatic rings. The highest BCUT2D eigenvalue weighted by Crippen LogP contribution is 2.18. The van der Waals surface area contributed by atoms with Gasteiger partial charge in [0, 0.05) is 28.9 Å². The maximum Gasteiger partial charge on any atom is 0.274 e. The minimum Gasteiger partial charge on any atom is -0.399 e. The van der Waals surface area contributed by atoms with E-state index in [9.17, 15) is 14.4 Å². The topological polar surface area (TPSA) is 134 Å². The molecule has 0 radical (unpaired) electrons. The van der Waals surface area contributed by atoms with Gasteiger partial charge in [-0.15, -0.1) is 0 Å². The van der Waals surface area contributed by atoms with Gasteiger partial charge in [-0.05, 0) is 64.9 Å². The second kappa shape index (κ2) is 10.5. The standard InChI is InChI=1S/C27H24N4O4/c28-22-11-7-19(8-12-22)25(32)30-24(16-17-5-6-18-3-1-2-4-21(18)15-17)27(34)29-23-13-9-20(10-14-23)26(33)31-35/h1-15,24,35H,16,28H2,(H,29,34)(H,30,32)(H,31,33)/t24-/m1/s1. The highest BCUT2D eigenvalue weighted by molar-refractivity contribution is 6.02. The minimum absolute atomic E-state index is 0.231. The van der Waals surface area contributed by atoms with Crippen LogP contribution >= 0.6 is 0 Å². The Hall–Kier alpha value is -4.69. The van der Waals surface area contributed by atoms with Crippen LogP contribution in [0.25, 0.3) is 10.8 Å². The number of rotatable bonds is 7. The summed E-state index contributed by atoms with van der Waals surface area (Å²) in [4.78, 5) is 37.6. The number of carbonyl (C=O) groups is 3. The Morgan fingerprint density at radius 1 is 0.771 bits per heavy atom. The first kappa shape index (κ1) is 23.5. The molecule has 0 saturated carbocycles. The number of nitrogens with two attached hydrogens (primary N) is 1. The molecule has 0 saturated heterocycles. The van der Waals surface area contributed by atoms with Crippen molar-refractivity contribution in [2.75, 3.05) is 11.1 Å². The third-order valence-corrected chi connectivity index (χ3v) is 5.56. The molecule has 3 amide bonds. The van der Waals surface area contributed by atoms with Gasteiger partial charge in [0.15, 0.2) is 0 Å². The van der Waals surface area contributed by atoms with E-state index in [1.165, 1.54) is 24.3 Å². The molecule has 8 heteroatoms. The van der Waals surface area contributed by atoms with Crippen molar-refractivity contribution in [3.05, 3.63) is 108 Å². The molecule has 0 unspecified atom stereocenters. The molecule has 0 aliphatic carbocycles. The normalized spacial score (nSPS) is 11.5. The van der Waals surface area contributed by atoms with Crippen LogP contribution in [0, 0.1) is 0 Å². The van der Waals surface area contributed by atoms with E-state index in [4.69, 9.17) is 10.9 Å². The number of benzene rings is 4. The van der Waals surface area contributed by atoms with Crippen LogP contribution in [0.15, 0.2) is 91.0 Å². The molecular formula is C27H24N4O4. The maximum absolute atomic E-state index is 13.2. The van der Waals surface area contributed by atoms with Gasteiger partial charge in [-0.2, -0.15) is 0 Å². The van der Waals surface area contributed by atoms with Crippen molar-refractivity contribution >= 4 is 39.9 Å². The summed E-state index contributed by atoms with van der Waals surface area (Å²) in [5.41, 5.74) is 9.75. The lowest BCUT2D eigenvalue weighted by molar-refractivity contribution is -0.118. The first-order valence-corrected chi connectivity index (χ1v) is 10.9. The molecule has 176 valence electrons. The van der Waals surface area contributed by atoms with Gasteiger partial charge in [-0.1, -0.05) is 42.5 Å². The van der Waals surface area contributed by atoms with Gasteiger partial charge in [0.25, 0.3) is 11.8 Å². The first-order chi connectivity index (χ1) is 16.9. The summed E-state index contributed by atoms with van der Waals surface area (Å²) in [5, 5.41) is 16.5. The van der Waals surface area contributed by atoms with Crippen molar-refractivity contribution in [2.24, 2.45) is 0 Å². The largest absolute Gasteiger partial charge is 0.399 e. The molecule has 1 atom stereocenters. The Morgan fingerprint density at radius 3 is 2.09 bits per heavy atom. The van der Waals surface area contributed by atoms with E-state index in [1.807, 2.05) is 42.5 Å². The number of hydrogen-bond acceptors (Lipinski definition) is 5. The second-order valence-electron chi connectivity index (χ2n) is 8.04. The van der Waals surface area contributed by atoms with E-state index in [0.717, 1.165) is 16.3 Å². The van der Waals surface area contributed by atoms with Crippen molar-refractivity contribution < 1.29 is 19.6 Å². The zero-order valence-corrected chi connectivity index (χ0v) is 18.7. The van der Waals surface area contributed by atoms with Crippen molar-refractivity contribution in [3.8, 4) is 0 Å². The summed E-state index contributed by atoms with van der Waals surface area (Å²) >= 11 is 0. The van der Waals surface area contributed by atoms with Crippen molar-refractivity contribution in [1.29, 1.82) is 0 Å². The monoisotopic (exact) mass is 468 g/mol. The summed E-state index contributed by atoms with van der Waals surface area (Å²) in [7, 11) is 0. The summed E-state index contributed by atoms with van der Waals surface area (Å²) in [6.07, 6.45) is 0.266. The van der Waals surface area contributed by atoms with Gasteiger partial charge >= 0.3 is 0 Å². The fourth-order valence-electron chi connectivity index (χ4n) is 3.69. The molecule has 0 aliphatic heterocycles. The average Bonchev–Trinajstić information content (AvgIpc) is 2.88. The molecule has 4 aromatic carbocycles. The summed E-state index contributed by atoms with van der Waals surface area (Å²) in [6.45, 7) is 0. The van der Waals surface area contributed by atoms with Crippen LogP contribution in [-0.2, 0) is 11.2 Å². The lowest BCUT2D eigenvalue weighted by Gasteiger charge is -2.19. The molecule has 0 bridgehead atoms. The zero-order chi connectivity index (χ0) is 24.8. The number of hydrogen-bond donors (Lipinski definition) is 5. The lowest BCUT2D eigenvalue weighted by Crippen LogP contribution is -2.45. The predicted molar refractivity (Wildman–Crippen MR) is 134 cm³/mol. The lowest BCUT2D eigenvalue weighted by atomic mass is 10.0. The van der Waals surface area contributed by atoms with Crippen LogP contribution in [0.1, 0.15) is 26.3 Å². The fraction of sp³-hybridized carbons (Fsp3) is 0.0741. The third-order valence-electron chi connectivity index (χ3n) is 5.56. The average molecular weight is 469 g/mol. The Balaban J connectivity index is 1.56. The second-order valence-corrected chi connectivity index (χ2v) is 8.04. The van der Waals surface area contributed by atoms with Crippen LogP contribution in [0.4, 0.5) is 11.4 Å². The molecule has 8 nitrogen and oxygen atoms in total. The highest BCUT2D eigenvalue weighted by Gasteiger charge is 2.22. The van der Waals surface area contributed by atoms with E-state index in [-0.39, 0.29) is 12.0 Å². The van der Waals surface area contributed by atoms with Gasteiger partial charge < -0.3 is 16.4 Å². The van der Waals surface area contributed by atoms with Crippen LogP contribution in [0.2, 0.25) is 0 Å². The Bertz CT molecular complexity index is 1370. The van der Waals surface area contributed by atoms with Gasteiger partial charge in [0.2, 0.25) is 5.91 Å². The third kappa shape index (κ3) is 5.82. The van der Waals surface area contributed by atoms with Crippen LogP contribution in [0.5, 0.6) is 0 Å². The number of anilines is 2. The number of hydroxylamine groups is 1. The van der Waals surface area contributed by atoms with Crippen molar-refractivity contribution in [1.82, 2.24) is 10.8 Å². The van der Waals surface area contributed by atoms with E-state index < -0.39 is 23.8 Å². The van der Waals surface area contributed by atoms with Gasteiger partial charge in [0.05, 0.1) is 0 Å². The van der Waals surface area contributed by atoms with E-state index >= 15 is 0 Å². The summed E-state index contributed by atoms with van der Waals surface area (Å²) < 4.78 is 0. The van der Waals surface area contributed by atoms with Gasteiger partial charge in [0.1, 0.15) is 6.04 Å². The first-order valence-electron chi connectivity index (χ1n) is 10.9. The molecule has 0 fully saturated rings. The smallest absolute Gasteiger partial charge is 0.274 e. The molecule has 4 aromatic rings. The SMILES string of the molecule is Nc1ccc(C(=O)N[C@H](Cc2ccc3ccccc3c2)C(=O)Nc2ccc(C(=O)NO)cc2)cc1. The number of amides is 3. The Kier molecular flexibility index (Phi) is 7.04. The van der Waals surface area contributed by atoms with Crippen LogP contribution in [0.3, 0.4) is 0 Å². The molecule has 0 aromatic heterocycles. The molecule has 6 N–H and O–H groups in total. The van der Waals surface area contributed by atoms with E-state index in [0.29, 0.717) is 16.9 Å². The maximum atomic E-state index is 13.2. The zero-order valence-electron chi connectivity index (χ0n) is 18.7. The Morgan fingerprint density at radius 2 is 1.40 bits per heavy atom. The molecule has 0 spiro atoms. The number of carbonyl (C=O) groups excluding carboxylic acids is 3. The van der Waals surface area contributed by atoms with Crippen LogP contribution in [-0.4, -0.2) is 29.0 Å². The predicted octanol–water partition coefficient (Wildman–Crippen LogP) is 3.52. The van der Waals surface area contributed by atoms with Crippen molar-refractivity contribution in [2.45, 2.75) is 12.5 Å². The fourth-order valence-corrected chi connectivity index (χ4v) is 3.69. The summed E-state index contributed by atoms with van der Waals surface area (Å²) in [5.74, 6) is -1.48.